The van der Waals surface area contributed by atoms with Crippen LogP contribution >= 0.6 is 0 Å². The second-order valence-electron chi connectivity index (χ2n) is 5.42. The molecule has 3 rings (SSSR count). The fourth-order valence-electron chi connectivity index (χ4n) is 2.67. The molecule has 2 heterocycles. The van der Waals surface area contributed by atoms with Crippen LogP contribution in [0.25, 0.3) is 0 Å². The lowest BCUT2D eigenvalue weighted by Gasteiger charge is -2.30. The van der Waals surface area contributed by atoms with Crippen LogP contribution in [0.2, 0.25) is 0 Å². The minimum atomic E-state index is -3.69. The van der Waals surface area contributed by atoms with Gasteiger partial charge in [0.2, 0.25) is 16.0 Å². The highest BCUT2D eigenvalue weighted by Crippen LogP contribution is 2.25. The van der Waals surface area contributed by atoms with Crippen molar-refractivity contribution in [2.75, 3.05) is 23.3 Å². The SMILES string of the molecule is CCNc1nccc(N2CCc3ccc(S(N)(=O)=O)cc3C2)n1. The first-order valence-corrected chi connectivity index (χ1v) is 8.98. The van der Waals surface area contributed by atoms with Gasteiger partial charge in [-0.25, -0.2) is 18.5 Å². The second-order valence-corrected chi connectivity index (χ2v) is 6.98. The van der Waals surface area contributed by atoms with E-state index in [2.05, 4.69) is 20.2 Å². The molecule has 122 valence electrons. The summed E-state index contributed by atoms with van der Waals surface area (Å²) >= 11 is 0. The Morgan fingerprint density at radius 2 is 2.13 bits per heavy atom. The summed E-state index contributed by atoms with van der Waals surface area (Å²) < 4.78 is 23.0. The lowest BCUT2D eigenvalue weighted by molar-refractivity contribution is 0.597. The Balaban J connectivity index is 1.88. The zero-order valence-electron chi connectivity index (χ0n) is 12.9. The van der Waals surface area contributed by atoms with Crippen LogP contribution in [-0.4, -0.2) is 31.5 Å². The molecule has 2 aromatic rings. The van der Waals surface area contributed by atoms with Crippen LogP contribution in [0.1, 0.15) is 18.1 Å². The molecule has 1 aliphatic rings. The summed E-state index contributed by atoms with van der Waals surface area (Å²) in [5.74, 6) is 1.41. The molecule has 0 spiro atoms. The first-order chi connectivity index (χ1) is 11.0. The summed E-state index contributed by atoms with van der Waals surface area (Å²) in [5.41, 5.74) is 2.11. The largest absolute Gasteiger partial charge is 0.354 e. The van der Waals surface area contributed by atoms with E-state index in [9.17, 15) is 8.42 Å². The summed E-state index contributed by atoms with van der Waals surface area (Å²) in [6.07, 6.45) is 2.55. The molecule has 1 aromatic carbocycles. The number of hydrogen-bond acceptors (Lipinski definition) is 6. The maximum Gasteiger partial charge on any atom is 0.238 e. The van der Waals surface area contributed by atoms with Crippen molar-refractivity contribution in [3.63, 3.8) is 0 Å². The molecule has 0 saturated carbocycles. The van der Waals surface area contributed by atoms with Crippen molar-refractivity contribution in [3.8, 4) is 0 Å². The summed E-state index contributed by atoms with van der Waals surface area (Å²) in [7, 11) is -3.69. The number of rotatable bonds is 4. The smallest absolute Gasteiger partial charge is 0.238 e. The first-order valence-electron chi connectivity index (χ1n) is 7.44. The van der Waals surface area contributed by atoms with Gasteiger partial charge in [-0.2, -0.15) is 4.98 Å². The van der Waals surface area contributed by atoms with E-state index in [1.54, 1.807) is 18.3 Å². The Bertz CT molecular complexity index is 822. The van der Waals surface area contributed by atoms with Crippen LogP contribution < -0.4 is 15.4 Å². The van der Waals surface area contributed by atoms with Crippen molar-refractivity contribution < 1.29 is 8.42 Å². The van der Waals surface area contributed by atoms with E-state index in [0.29, 0.717) is 12.5 Å². The number of hydrogen-bond donors (Lipinski definition) is 2. The highest BCUT2D eigenvalue weighted by Gasteiger charge is 2.20. The van der Waals surface area contributed by atoms with Gasteiger partial charge in [0.15, 0.2) is 0 Å². The van der Waals surface area contributed by atoms with Crippen molar-refractivity contribution in [1.29, 1.82) is 0 Å². The van der Waals surface area contributed by atoms with E-state index in [-0.39, 0.29) is 4.90 Å². The summed E-state index contributed by atoms with van der Waals surface area (Å²) in [4.78, 5) is 10.9. The molecular formula is C15H19N5O2S. The molecule has 0 bridgehead atoms. The summed E-state index contributed by atoms with van der Waals surface area (Å²) in [5, 5.41) is 8.31. The molecule has 1 aliphatic heterocycles. The van der Waals surface area contributed by atoms with E-state index in [4.69, 9.17) is 5.14 Å². The normalized spacial score (nSPS) is 14.4. The van der Waals surface area contributed by atoms with E-state index in [1.807, 2.05) is 19.1 Å². The molecule has 0 aliphatic carbocycles. The van der Waals surface area contributed by atoms with E-state index < -0.39 is 10.0 Å². The lowest BCUT2D eigenvalue weighted by atomic mass is 10.00. The third-order valence-electron chi connectivity index (χ3n) is 3.82. The van der Waals surface area contributed by atoms with Gasteiger partial charge in [0.05, 0.1) is 4.90 Å². The Labute approximate surface area is 135 Å². The van der Waals surface area contributed by atoms with Gasteiger partial charge in [-0.1, -0.05) is 6.07 Å². The molecule has 23 heavy (non-hydrogen) atoms. The fraction of sp³-hybridized carbons (Fsp3) is 0.333. The van der Waals surface area contributed by atoms with Crippen molar-refractivity contribution in [2.24, 2.45) is 5.14 Å². The van der Waals surface area contributed by atoms with Crippen LogP contribution in [0.15, 0.2) is 35.4 Å². The highest BCUT2D eigenvalue weighted by molar-refractivity contribution is 7.89. The minimum Gasteiger partial charge on any atom is -0.354 e. The summed E-state index contributed by atoms with van der Waals surface area (Å²) in [6.45, 7) is 4.16. The average Bonchev–Trinajstić information content (AvgIpc) is 2.53. The maximum atomic E-state index is 11.5. The highest BCUT2D eigenvalue weighted by atomic mass is 32.2. The van der Waals surface area contributed by atoms with E-state index >= 15 is 0 Å². The van der Waals surface area contributed by atoms with Crippen LogP contribution in [0.4, 0.5) is 11.8 Å². The third kappa shape index (κ3) is 3.43. The molecule has 0 fully saturated rings. The fourth-order valence-corrected chi connectivity index (χ4v) is 3.24. The topological polar surface area (TPSA) is 101 Å². The number of anilines is 2. The van der Waals surface area contributed by atoms with Gasteiger partial charge in [0.25, 0.3) is 0 Å². The molecule has 7 nitrogen and oxygen atoms in total. The minimum absolute atomic E-state index is 0.147. The number of primary sulfonamides is 1. The number of nitrogens with two attached hydrogens (primary N) is 1. The van der Waals surface area contributed by atoms with Crippen LogP contribution in [0.3, 0.4) is 0 Å². The maximum absolute atomic E-state index is 11.5. The monoisotopic (exact) mass is 333 g/mol. The van der Waals surface area contributed by atoms with Crippen molar-refractivity contribution in [1.82, 2.24) is 9.97 Å². The van der Waals surface area contributed by atoms with Crippen LogP contribution in [0.5, 0.6) is 0 Å². The van der Waals surface area contributed by atoms with Gasteiger partial charge in [-0.15, -0.1) is 0 Å². The van der Waals surface area contributed by atoms with Crippen molar-refractivity contribution >= 4 is 21.8 Å². The lowest BCUT2D eigenvalue weighted by Crippen LogP contribution is -2.31. The molecule has 0 unspecified atom stereocenters. The predicted molar refractivity (Wildman–Crippen MR) is 88.8 cm³/mol. The van der Waals surface area contributed by atoms with Gasteiger partial charge < -0.3 is 10.2 Å². The second kappa shape index (κ2) is 6.13. The number of fused-ring (bicyclic) bond motifs is 1. The summed E-state index contributed by atoms with van der Waals surface area (Å²) in [6, 6.07) is 6.92. The Morgan fingerprint density at radius 3 is 2.87 bits per heavy atom. The Morgan fingerprint density at radius 1 is 1.30 bits per heavy atom. The van der Waals surface area contributed by atoms with Crippen LogP contribution in [0, 0.1) is 0 Å². The predicted octanol–water partition coefficient (Wildman–Crippen LogP) is 1.12. The molecule has 0 radical (unpaired) electrons. The van der Waals surface area contributed by atoms with Gasteiger partial charge in [-0.05, 0) is 42.7 Å². The molecule has 3 N–H and O–H groups in total. The molecule has 0 amide bonds. The zero-order chi connectivity index (χ0) is 16.4. The molecular weight excluding hydrogens is 314 g/mol. The number of nitrogens with zero attached hydrogens (tertiary/aromatic N) is 3. The van der Waals surface area contributed by atoms with Gasteiger partial charge in [0.1, 0.15) is 5.82 Å². The standard InChI is InChI=1S/C15H19N5O2S/c1-2-17-15-18-7-5-14(19-15)20-8-6-11-3-4-13(23(16,21)22)9-12(11)10-20/h3-5,7,9H,2,6,8,10H2,1H3,(H2,16,21,22)(H,17,18,19). The molecule has 0 atom stereocenters. The number of nitrogens with one attached hydrogen (secondary N) is 1. The Hall–Kier alpha value is -2.19. The van der Waals surface area contributed by atoms with Crippen molar-refractivity contribution in [2.45, 2.75) is 24.8 Å². The molecule has 8 heteroatoms. The van der Waals surface area contributed by atoms with Gasteiger partial charge in [-0.3, -0.25) is 0 Å². The third-order valence-corrected chi connectivity index (χ3v) is 4.73. The van der Waals surface area contributed by atoms with Gasteiger partial charge in [0, 0.05) is 25.8 Å². The van der Waals surface area contributed by atoms with Crippen LogP contribution in [-0.2, 0) is 23.0 Å². The number of sulfonamides is 1. The van der Waals surface area contributed by atoms with E-state index in [0.717, 1.165) is 36.5 Å². The number of benzene rings is 1. The first kappa shape index (κ1) is 15.7. The van der Waals surface area contributed by atoms with Gasteiger partial charge >= 0.3 is 0 Å². The molecule has 0 saturated heterocycles. The molecule has 1 aromatic heterocycles. The number of aromatic nitrogens is 2. The Kier molecular flexibility index (Phi) is 4.18. The average molecular weight is 333 g/mol. The zero-order valence-corrected chi connectivity index (χ0v) is 13.7. The quantitative estimate of drug-likeness (QED) is 0.869. The van der Waals surface area contributed by atoms with Crippen molar-refractivity contribution in [3.05, 3.63) is 41.6 Å². The van der Waals surface area contributed by atoms with E-state index in [1.165, 1.54) is 0 Å².